The lowest BCUT2D eigenvalue weighted by molar-refractivity contribution is -0.144. The standard InChI is InChI=1S/C24H23F2N3O5/c1-24(2,3)34-23(31)29-12-14(10-20(29)22(30)32-5)18-8-7-16(25)19(28-18)13-33-21-9-6-15(27-4)11-17(21)26/h6-11,20H,12-13H2,1-3,5H3/t20-/m1/s1. The quantitative estimate of drug-likeness (QED) is 0.466. The normalized spacial score (nSPS) is 15.4. The van der Waals surface area contributed by atoms with Gasteiger partial charge in [0.05, 0.1) is 25.9 Å². The van der Waals surface area contributed by atoms with Gasteiger partial charge in [-0.3, -0.25) is 4.90 Å². The van der Waals surface area contributed by atoms with Crippen molar-refractivity contribution < 1.29 is 32.6 Å². The van der Waals surface area contributed by atoms with E-state index in [0.717, 1.165) is 6.07 Å². The van der Waals surface area contributed by atoms with Crippen LogP contribution in [0.15, 0.2) is 36.4 Å². The Balaban J connectivity index is 1.83. The number of ether oxygens (including phenoxy) is 3. The number of benzene rings is 1. The molecule has 1 amide bonds. The molecule has 0 spiro atoms. The van der Waals surface area contributed by atoms with Crippen molar-refractivity contribution >= 4 is 23.3 Å². The maximum Gasteiger partial charge on any atom is 0.411 e. The summed E-state index contributed by atoms with van der Waals surface area (Å²) in [4.78, 5) is 33.5. The molecule has 0 N–H and O–H groups in total. The number of carbonyl (C=O) groups excluding carboxylic acids is 2. The first-order valence-electron chi connectivity index (χ1n) is 10.3. The van der Waals surface area contributed by atoms with E-state index >= 15 is 0 Å². The van der Waals surface area contributed by atoms with Crippen LogP contribution in [-0.4, -0.2) is 47.2 Å². The van der Waals surface area contributed by atoms with Crippen LogP contribution in [0.4, 0.5) is 19.3 Å². The molecule has 0 saturated carbocycles. The van der Waals surface area contributed by atoms with E-state index in [0.29, 0.717) is 11.3 Å². The number of aromatic nitrogens is 1. The average Bonchev–Trinajstić information content (AvgIpc) is 3.23. The lowest BCUT2D eigenvalue weighted by Gasteiger charge is -2.27. The fourth-order valence-corrected chi connectivity index (χ4v) is 3.18. The molecular weight excluding hydrogens is 448 g/mol. The number of amides is 1. The molecule has 0 fully saturated rings. The Bertz CT molecular complexity index is 1180. The Morgan fingerprint density at radius 2 is 1.94 bits per heavy atom. The summed E-state index contributed by atoms with van der Waals surface area (Å²) in [5.74, 6) is -2.24. The summed E-state index contributed by atoms with van der Waals surface area (Å²) in [6, 6.07) is 5.23. The summed E-state index contributed by atoms with van der Waals surface area (Å²) in [6.45, 7) is 11.6. The molecule has 2 heterocycles. The number of esters is 1. The zero-order chi connectivity index (χ0) is 25.0. The van der Waals surface area contributed by atoms with Gasteiger partial charge >= 0.3 is 12.1 Å². The molecule has 0 bridgehead atoms. The van der Waals surface area contributed by atoms with Gasteiger partial charge in [-0.05, 0) is 56.7 Å². The van der Waals surface area contributed by atoms with Crippen LogP contribution in [0.5, 0.6) is 5.75 Å². The third-order valence-electron chi connectivity index (χ3n) is 4.76. The lowest BCUT2D eigenvalue weighted by atomic mass is 10.1. The fourth-order valence-electron chi connectivity index (χ4n) is 3.18. The van der Waals surface area contributed by atoms with Crippen molar-refractivity contribution in [1.29, 1.82) is 0 Å². The van der Waals surface area contributed by atoms with E-state index in [9.17, 15) is 18.4 Å². The molecule has 178 valence electrons. The first kappa shape index (κ1) is 24.6. The average molecular weight is 471 g/mol. The summed E-state index contributed by atoms with van der Waals surface area (Å²) >= 11 is 0. The van der Waals surface area contributed by atoms with Gasteiger partial charge in [-0.2, -0.15) is 0 Å². The van der Waals surface area contributed by atoms with Crippen LogP contribution < -0.4 is 4.74 Å². The maximum absolute atomic E-state index is 14.4. The lowest BCUT2D eigenvalue weighted by Crippen LogP contribution is -2.44. The van der Waals surface area contributed by atoms with Crippen LogP contribution in [0.3, 0.4) is 0 Å². The monoisotopic (exact) mass is 471 g/mol. The summed E-state index contributed by atoms with van der Waals surface area (Å²) < 4.78 is 44.0. The van der Waals surface area contributed by atoms with Crippen molar-refractivity contribution in [3.05, 3.63) is 70.8 Å². The molecule has 0 aliphatic carbocycles. The molecule has 34 heavy (non-hydrogen) atoms. The van der Waals surface area contributed by atoms with E-state index < -0.39 is 35.3 Å². The van der Waals surface area contributed by atoms with Crippen LogP contribution in [0.1, 0.15) is 32.2 Å². The summed E-state index contributed by atoms with van der Waals surface area (Å²) in [5.41, 5.74) is 0.0248. The number of hydrogen-bond donors (Lipinski definition) is 0. The van der Waals surface area contributed by atoms with Crippen molar-refractivity contribution in [3.63, 3.8) is 0 Å². The van der Waals surface area contributed by atoms with Crippen molar-refractivity contribution in [3.8, 4) is 5.75 Å². The Morgan fingerprint density at radius 1 is 1.21 bits per heavy atom. The molecule has 1 aliphatic rings. The molecule has 0 radical (unpaired) electrons. The smallest absolute Gasteiger partial charge is 0.411 e. The van der Waals surface area contributed by atoms with Crippen molar-refractivity contribution in [1.82, 2.24) is 9.88 Å². The van der Waals surface area contributed by atoms with E-state index in [4.69, 9.17) is 20.8 Å². The van der Waals surface area contributed by atoms with Gasteiger partial charge in [0.25, 0.3) is 0 Å². The summed E-state index contributed by atoms with van der Waals surface area (Å²) in [5, 5.41) is 0. The predicted molar refractivity (Wildman–Crippen MR) is 118 cm³/mol. The van der Waals surface area contributed by atoms with Gasteiger partial charge in [-0.25, -0.2) is 28.2 Å². The third kappa shape index (κ3) is 5.67. The molecule has 1 aromatic carbocycles. The van der Waals surface area contributed by atoms with E-state index in [-0.39, 0.29) is 30.3 Å². The van der Waals surface area contributed by atoms with E-state index in [1.165, 1.54) is 42.4 Å². The largest absolute Gasteiger partial charge is 0.484 e. The van der Waals surface area contributed by atoms with E-state index in [1.807, 2.05) is 0 Å². The van der Waals surface area contributed by atoms with Crippen molar-refractivity contribution in [2.45, 2.75) is 39.0 Å². The van der Waals surface area contributed by atoms with Gasteiger partial charge in [-0.15, -0.1) is 0 Å². The van der Waals surface area contributed by atoms with Crippen molar-refractivity contribution in [2.75, 3.05) is 13.7 Å². The molecular formula is C24H23F2N3O5. The Morgan fingerprint density at radius 3 is 2.56 bits per heavy atom. The number of nitrogens with zero attached hydrogens (tertiary/aromatic N) is 3. The first-order valence-corrected chi connectivity index (χ1v) is 10.3. The number of rotatable bonds is 5. The Labute approximate surface area is 195 Å². The fraction of sp³-hybridized carbons (Fsp3) is 0.333. The van der Waals surface area contributed by atoms with Gasteiger partial charge in [0.1, 0.15) is 23.7 Å². The molecule has 8 nitrogen and oxygen atoms in total. The van der Waals surface area contributed by atoms with Gasteiger partial charge in [0.2, 0.25) is 0 Å². The summed E-state index contributed by atoms with van der Waals surface area (Å²) in [6.07, 6.45) is 0.793. The number of hydrogen-bond acceptors (Lipinski definition) is 6. The highest BCUT2D eigenvalue weighted by Gasteiger charge is 2.38. The number of pyridine rings is 1. The summed E-state index contributed by atoms with van der Waals surface area (Å²) in [7, 11) is 1.21. The highest BCUT2D eigenvalue weighted by atomic mass is 19.1. The molecule has 1 aliphatic heterocycles. The van der Waals surface area contributed by atoms with E-state index in [2.05, 4.69) is 9.83 Å². The minimum Gasteiger partial charge on any atom is -0.484 e. The number of methoxy groups -OCH3 is 1. The highest BCUT2D eigenvalue weighted by molar-refractivity contribution is 5.89. The molecule has 0 unspecified atom stereocenters. The number of carbonyl (C=O) groups is 2. The minimum atomic E-state index is -1.03. The SMILES string of the molecule is [C-]#[N+]c1ccc(OCc2nc(C3=C[C@H](C(=O)OC)N(C(=O)OC(C)(C)C)C3)ccc2F)c(F)c1. The minimum absolute atomic E-state index is 0.0136. The topological polar surface area (TPSA) is 82.3 Å². The third-order valence-corrected chi connectivity index (χ3v) is 4.76. The van der Waals surface area contributed by atoms with Crippen LogP contribution in [0, 0.1) is 18.2 Å². The molecule has 2 aromatic rings. The van der Waals surface area contributed by atoms with Crippen LogP contribution in [0.2, 0.25) is 0 Å². The maximum atomic E-state index is 14.4. The molecule has 1 atom stereocenters. The Hall–Kier alpha value is -4.00. The highest BCUT2D eigenvalue weighted by Crippen LogP contribution is 2.28. The van der Waals surface area contributed by atoms with Crippen molar-refractivity contribution in [2.24, 2.45) is 0 Å². The van der Waals surface area contributed by atoms with E-state index in [1.54, 1.807) is 20.8 Å². The second-order valence-electron chi connectivity index (χ2n) is 8.41. The molecule has 10 heteroatoms. The zero-order valence-corrected chi connectivity index (χ0v) is 19.1. The zero-order valence-electron chi connectivity index (χ0n) is 19.1. The molecule has 0 saturated heterocycles. The molecule has 1 aromatic heterocycles. The second kappa shape index (κ2) is 9.87. The molecule has 3 rings (SSSR count). The Kier molecular flexibility index (Phi) is 7.15. The van der Waals surface area contributed by atoms with Gasteiger partial charge < -0.3 is 14.2 Å². The second-order valence-corrected chi connectivity index (χ2v) is 8.41. The van der Waals surface area contributed by atoms with Gasteiger partial charge in [0.15, 0.2) is 23.3 Å². The van der Waals surface area contributed by atoms with Gasteiger partial charge in [-0.1, -0.05) is 6.07 Å². The van der Waals surface area contributed by atoms with Gasteiger partial charge in [0, 0.05) is 0 Å². The predicted octanol–water partition coefficient (Wildman–Crippen LogP) is 4.67. The first-order chi connectivity index (χ1) is 16.0. The van der Waals surface area contributed by atoms with Crippen LogP contribution in [0.25, 0.3) is 10.4 Å². The van der Waals surface area contributed by atoms with Crippen LogP contribution in [-0.2, 0) is 20.9 Å². The number of halogens is 2. The van der Waals surface area contributed by atoms with Crippen LogP contribution >= 0.6 is 0 Å².